The molecule has 31 heavy (non-hydrogen) atoms. The average molecular weight is 407 g/mol. The fourth-order valence-corrected chi connectivity index (χ4v) is 3.69. The lowest BCUT2D eigenvalue weighted by molar-refractivity contribution is -0.120. The van der Waals surface area contributed by atoms with Crippen molar-refractivity contribution in [3.63, 3.8) is 0 Å². The number of hydrogen-bond donors (Lipinski definition) is 2. The van der Waals surface area contributed by atoms with Gasteiger partial charge in [-0.15, -0.1) is 0 Å². The third kappa shape index (κ3) is 3.98. The summed E-state index contributed by atoms with van der Waals surface area (Å²) < 4.78 is 6.06. The summed E-state index contributed by atoms with van der Waals surface area (Å²) in [6, 6.07) is 27.7. The first kappa shape index (κ1) is 18.9. The van der Waals surface area contributed by atoms with Gasteiger partial charge in [-0.2, -0.15) is 0 Å². The van der Waals surface area contributed by atoms with Crippen molar-refractivity contribution in [2.75, 3.05) is 0 Å². The van der Waals surface area contributed by atoms with Crippen LogP contribution in [0.5, 0.6) is 0 Å². The molecule has 0 radical (unpaired) electrons. The van der Waals surface area contributed by atoms with Crippen LogP contribution in [0.3, 0.4) is 0 Å². The Morgan fingerprint density at radius 3 is 2.32 bits per heavy atom. The minimum absolute atomic E-state index is 0.0784. The number of H-pyrrole nitrogens is 1. The van der Waals surface area contributed by atoms with Crippen LogP contribution in [-0.2, 0) is 17.8 Å². The summed E-state index contributed by atoms with van der Waals surface area (Å²) in [4.78, 5) is 20.5. The summed E-state index contributed by atoms with van der Waals surface area (Å²) in [5, 5.41) is 4.08. The van der Waals surface area contributed by atoms with Gasteiger partial charge in [0.05, 0.1) is 0 Å². The van der Waals surface area contributed by atoms with Gasteiger partial charge in [0.25, 0.3) is 0 Å². The molecule has 2 N–H and O–H groups in total. The monoisotopic (exact) mass is 407 g/mol. The van der Waals surface area contributed by atoms with E-state index in [2.05, 4.69) is 15.3 Å². The van der Waals surface area contributed by atoms with Crippen LogP contribution in [-0.4, -0.2) is 15.9 Å². The predicted octanol–water partition coefficient (Wildman–Crippen LogP) is 5.35. The Hall–Kier alpha value is -4.12. The van der Waals surface area contributed by atoms with Crippen molar-refractivity contribution in [1.29, 1.82) is 0 Å². The summed E-state index contributed by atoms with van der Waals surface area (Å²) in [5.41, 5.74) is 4.73. The third-order valence-corrected chi connectivity index (χ3v) is 5.22. The Balaban J connectivity index is 1.36. The molecule has 0 bridgehead atoms. The molecule has 5 heteroatoms. The van der Waals surface area contributed by atoms with Crippen molar-refractivity contribution in [1.82, 2.24) is 15.3 Å². The second kappa shape index (κ2) is 8.32. The Labute approximate surface area is 179 Å². The molecule has 0 unspecified atom stereocenters. The first-order valence-corrected chi connectivity index (χ1v) is 10.2. The number of hydrogen-bond acceptors (Lipinski definition) is 3. The number of nitrogens with one attached hydrogen (secondary N) is 2. The average Bonchev–Trinajstić information content (AvgIpc) is 3.43. The lowest BCUT2D eigenvalue weighted by atomic mass is 10.1. The lowest BCUT2D eigenvalue weighted by Gasteiger charge is -2.03. The molecule has 0 spiro atoms. The molecule has 0 aliphatic carbocycles. The molecule has 0 atom stereocenters. The highest BCUT2D eigenvalue weighted by molar-refractivity contribution is 5.84. The predicted molar refractivity (Wildman–Crippen MR) is 121 cm³/mol. The van der Waals surface area contributed by atoms with Crippen LogP contribution in [0.1, 0.15) is 11.5 Å². The number of oxazole rings is 1. The number of aromatic nitrogens is 2. The van der Waals surface area contributed by atoms with Crippen LogP contribution >= 0.6 is 0 Å². The van der Waals surface area contributed by atoms with Crippen molar-refractivity contribution in [3.8, 4) is 22.6 Å². The molecule has 0 aliphatic rings. The van der Waals surface area contributed by atoms with Crippen molar-refractivity contribution < 1.29 is 9.21 Å². The first-order valence-electron chi connectivity index (χ1n) is 10.2. The van der Waals surface area contributed by atoms with Crippen LogP contribution in [0.2, 0.25) is 0 Å². The Kier molecular flexibility index (Phi) is 5.07. The van der Waals surface area contributed by atoms with Gasteiger partial charge in [0.15, 0.2) is 5.76 Å². The SMILES string of the molecule is O=C(Cc1nc(-c2ccccc2)c(-c2ccccc2)o1)NCc1c[nH]c2ccccc12. The lowest BCUT2D eigenvalue weighted by Crippen LogP contribution is -2.24. The number of para-hydroxylation sites is 1. The summed E-state index contributed by atoms with van der Waals surface area (Å²) >= 11 is 0. The van der Waals surface area contributed by atoms with E-state index < -0.39 is 0 Å². The smallest absolute Gasteiger partial charge is 0.229 e. The van der Waals surface area contributed by atoms with Gasteiger partial charge < -0.3 is 14.7 Å². The second-order valence-corrected chi connectivity index (χ2v) is 7.33. The zero-order valence-corrected chi connectivity index (χ0v) is 16.8. The molecule has 2 heterocycles. The molecule has 3 aromatic carbocycles. The highest BCUT2D eigenvalue weighted by atomic mass is 16.4. The van der Waals surface area contributed by atoms with Crippen molar-refractivity contribution in [2.24, 2.45) is 0 Å². The molecule has 5 rings (SSSR count). The van der Waals surface area contributed by atoms with E-state index in [1.54, 1.807) is 0 Å². The largest absolute Gasteiger partial charge is 0.439 e. The number of benzene rings is 3. The van der Waals surface area contributed by atoms with E-state index in [9.17, 15) is 4.79 Å². The van der Waals surface area contributed by atoms with E-state index in [-0.39, 0.29) is 12.3 Å². The summed E-state index contributed by atoms with van der Waals surface area (Å²) in [7, 11) is 0. The van der Waals surface area contributed by atoms with Gasteiger partial charge >= 0.3 is 0 Å². The molecule has 0 saturated carbocycles. The number of nitrogens with zero attached hydrogens (tertiary/aromatic N) is 1. The molecule has 5 aromatic rings. The summed E-state index contributed by atoms with van der Waals surface area (Å²) in [6.07, 6.45) is 2.01. The highest BCUT2D eigenvalue weighted by Gasteiger charge is 2.18. The number of rotatable bonds is 6. The van der Waals surface area contributed by atoms with Crippen molar-refractivity contribution >= 4 is 16.8 Å². The van der Waals surface area contributed by atoms with Crippen LogP contribution in [0.15, 0.2) is 95.5 Å². The molecule has 152 valence electrons. The fraction of sp³-hybridized carbons (Fsp3) is 0.0769. The van der Waals surface area contributed by atoms with Gasteiger partial charge in [0.2, 0.25) is 11.8 Å². The molecule has 5 nitrogen and oxygen atoms in total. The van der Waals surface area contributed by atoms with Crippen molar-refractivity contribution in [2.45, 2.75) is 13.0 Å². The van der Waals surface area contributed by atoms with Crippen LogP contribution in [0.4, 0.5) is 0 Å². The zero-order valence-electron chi connectivity index (χ0n) is 16.8. The third-order valence-electron chi connectivity index (χ3n) is 5.22. The standard InChI is InChI=1S/C26H21N3O2/c30-23(28-17-20-16-27-22-14-8-7-13-21(20)22)15-24-29-25(18-9-3-1-4-10-18)26(31-24)19-11-5-2-6-12-19/h1-14,16,27H,15,17H2,(H,28,30). The maximum Gasteiger partial charge on any atom is 0.229 e. The fourth-order valence-electron chi connectivity index (χ4n) is 3.69. The van der Waals surface area contributed by atoms with Gasteiger partial charge in [0, 0.05) is 34.8 Å². The molecular weight excluding hydrogens is 386 g/mol. The van der Waals surface area contributed by atoms with Crippen LogP contribution < -0.4 is 5.32 Å². The number of carbonyl (C=O) groups excluding carboxylic acids is 1. The number of fused-ring (bicyclic) bond motifs is 1. The normalized spacial score (nSPS) is 11.0. The molecular formula is C26H21N3O2. The minimum Gasteiger partial charge on any atom is -0.439 e. The zero-order chi connectivity index (χ0) is 21.0. The van der Waals surface area contributed by atoms with E-state index >= 15 is 0 Å². The molecule has 0 fully saturated rings. The Bertz CT molecular complexity index is 1260. The number of amides is 1. The number of carbonyl (C=O) groups is 1. The van der Waals surface area contributed by atoms with E-state index in [0.717, 1.165) is 33.3 Å². The quantitative estimate of drug-likeness (QED) is 0.399. The second-order valence-electron chi connectivity index (χ2n) is 7.33. The van der Waals surface area contributed by atoms with Crippen LogP contribution in [0, 0.1) is 0 Å². The maximum atomic E-state index is 12.6. The summed E-state index contributed by atoms with van der Waals surface area (Å²) in [5.74, 6) is 0.936. The van der Waals surface area contributed by atoms with Gasteiger partial charge in [-0.1, -0.05) is 78.9 Å². The van der Waals surface area contributed by atoms with Gasteiger partial charge in [0.1, 0.15) is 12.1 Å². The number of aromatic amines is 1. The first-order chi connectivity index (χ1) is 15.3. The van der Waals surface area contributed by atoms with E-state index in [4.69, 9.17) is 4.42 Å². The van der Waals surface area contributed by atoms with Gasteiger partial charge in [-0.25, -0.2) is 4.98 Å². The molecule has 1 amide bonds. The van der Waals surface area contributed by atoms with Crippen molar-refractivity contribution in [3.05, 3.63) is 103 Å². The van der Waals surface area contributed by atoms with E-state index in [1.807, 2.05) is 91.1 Å². The van der Waals surface area contributed by atoms with Gasteiger partial charge in [-0.3, -0.25) is 4.79 Å². The Morgan fingerprint density at radius 2 is 1.55 bits per heavy atom. The van der Waals surface area contributed by atoms with Crippen LogP contribution in [0.25, 0.3) is 33.5 Å². The summed E-state index contributed by atoms with van der Waals surface area (Å²) in [6.45, 7) is 0.445. The minimum atomic E-state index is -0.134. The van der Waals surface area contributed by atoms with E-state index in [1.165, 1.54) is 0 Å². The highest BCUT2D eigenvalue weighted by Crippen LogP contribution is 2.32. The van der Waals surface area contributed by atoms with E-state index in [0.29, 0.717) is 18.2 Å². The molecule has 0 saturated heterocycles. The van der Waals surface area contributed by atoms with Gasteiger partial charge in [-0.05, 0) is 11.6 Å². The topological polar surface area (TPSA) is 70.9 Å². The molecule has 2 aromatic heterocycles. The molecule has 0 aliphatic heterocycles. The Morgan fingerprint density at radius 1 is 0.871 bits per heavy atom. The maximum absolute atomic E-state index is 12.6.